The fourth-order valence-electron chi connectivity index (χ4n) is 3.29. The lowest BCUT2D eigenvalue weighted by molar-refractivity contribution is -0.137. The van der Waals surface area contributed by atoms with Gasteiger partial charge in [-0.15, -0.1) is 0 Å². The number of hydrogen-bond acceptors (Lipinski definition) is 1. The van der Waals surface area contributed by atoms with Crippen molar-refractivity contribution < 1.29 is 13.2 Å². The second-order valence-corrected chi connectivity index (χ2v) is 5.14. The van der Waals surface area contributed by atoms with Crippen molar-refractivity contribution in [3.05, 3.63) is 34.9 Å². The summed E-state index contributed by atoms with van der Waals surface area (Å²) in [5.41, 5.74) is 7.43. The third-order valence-corrected chi connectivity index (χ3v) is 4.21. The number of benzene rings is 1. The van der Waals surface area contributed by atoms with E-state index in [1.807, 2.05) is 0 Å². The number of rotatable bonds is 0. The lowest BCUT2D eigenvalue weighted by atomic mass is 9.79. The van der Waals surface area contributed by atoms with E-state index in [-0.39, 0.29) is 12.0 Å². The molecule has 17 heavy (non-hydrogen) atoms. The molecule has 3 atom stereocenters. The Morgan fingerprint density at radius 2 is 1.94 bits per heavy atom. The average molecular weight is 241 g/mol. The van der Waals surface area contributed by atoms with Gasteiger partial charge in [-0.3, -0.25) is 0 Å². The monoisotopic (exact) mass is 241 g/mol. The normalized spacial score (nSPS) is 31.4. The van der Waals surface area contributed by atoms with E-state index in [1.54, 1.807) is 6.07 Å². The van der Waals surface area contributed by atoms with Crippen molar-refractivity contribution in [1.82, 2.24) is 0 Å². The van der Waals surface area contributed by atoms with Crippen LogP contribution >= 0.6 is 0 Å². The maximum atomic E-state index is 12.7. The van der Waals surface area contributed by atoms with Gasteiger partial charge in [0.15, 0.2) is 0 Å². The molecule has 0 unspecified atom stereocenters. The van der Waals surface area contributed by atoms with E-state index in [4.69, 9.17) is 5.73 Å². The highest BCUT2D eigenvalue weighted by Gasteiger charge is 2.41. The van der Waals surface area contributed by atoms with E-state index >= 15 is 0 Å². The Morgan fingerprint density at radius 1 is 1.18 bits per heavy atom. The fourth-order valence-corrected chi connectivity index (χ4v) is 3.29. The van der Waals surface area contributed by atoms with Crippen LogP contribution in [0.4, 0.5) is 13.2 Å². The molecule has 1 aromatic rings. The van der Waals surface area contributed by atoms with Crippen molar-refractivity contribution >= 4 is 0 Å². The van der Waals surface area contributed by atoms with Gasteiger partial charge in [0, 0.05) is 6.04 Å². The largest absolute Gasteiger partial charge is 0.416 e. The molecule has 1 saturated carbocycles. The van der Waals surface area contributed by atoms with Gasteiger partial charge in [0.2, 0.25) is 0 Å². The fraction of sp³-hybridized carbons (Fsp3) is 0.538. The van der Waals surface area contributed by atoms with Crippen LogP contribution < -0.4 is 5.73 Å². The second kappa shape index (κ2) is 3.48. The zero-order chi connectivity index (χ0) is 12.2. The highest BCUT2D eigenvalue weighted by Crippen LogP contribution is 2.46. The molecule has 0 aromatic heterocycles. The summed E-state index contributed by atoms with van der Waals surface area (Å²) in [6, 6.07) is 4.18. The number of nitrogens with two attached hydrogens (primary N) is 1. The van der Waals surface area contributed by atoms with Gasteiger partial charge in [-0.25, -0.2) is 0 Å². The van der Waals surface area contributed by atoms with Crippen molar-refractivity contribution in [2.75, 3.05) is 0 Å². The SMILES string of the molecule is N[C@H]1[C@H]2CC[C@@H]1c1cc(C(F)(F)F)ccc1C2. The van der Waals surface area contributed by atoms with E-state index in [9.17, 15) is 13.2 Å². The summed E-state index contributed by atoms with van der Waals surface area (Å²) in [6.07, 6.45) is -1.44. The average Bonchev–Trinajstić information content (AvgIpc) is 2.51. The van der Waals surface area contributed by atoms with Crippen molar-refractivity contribution in [2.45, 2.75) is 37.4 Å². The zero-order valence-electron chi connectivity index (χ0n) is 9.30. The molecule has 0 radical (unpaired) electrons. The number of hydrogen-bond donors (Lipinski definition) is 1. The lowest BCUT2D eigenvalue weighted by Gasteiger charge is -2.30. The molecule has 2 aliphatic carbocycles. The summed E-state index contributed by atoms with van der Waals surface area (Å²) in [5.74, 6) is 0.593. The van der Waals surface area contributed by atoms with E-state index < -0.39 is 11.7 Å². The first-order chi connectivity index (χ1) is 7.97. The van der Waals surface area contributed by atoms with E-state index in [0.29, 0.717) is 5.92 Å². The molecule has 0 saturated heterocycles. The predicted octanol–water partition coefficient (Wildman–Crippen LogP) is 3.08. The highest BCUT2D eigenvalue weighted by atomic mass is 19.4. The van der Waals surface area contributed by atoms with Gasteiger partial charge in [0.1, 0.15) is 0 Å². The van der Waals surface area contributed by atoms with Crippen molar-refractivity contribution in [3.8, 4) is 0 Å². The summed E-state index contributed by atoms with van der Waals surface area (Å²) in [4.78, 5) is 0. The second-order valence-electron chi connectivity index (χ2n) is 5.14. The van der Waals surface area contributed by atoms with Crippen LogP contribution in [-0.4, -0.2) is 6.04 Å². The van der Waals surface area contributed by atoms with Gasteiger partial charge in [0.25, 0.3) is 0 Å². The summed E-state index contributed by atoms with van der Waals surface area (Å²) in [5, 5.41) is 0. The molecule has 0 amide bonds. The van der Waals surface area contributed by atoms with E-state index in [1.165, 1.54) is 12.1 Å². The van der Waals surface area contributed by atoms with Gasteiger partial charge in [0.05, 0.1) is 5.56 Å². The summed E-state index contributed by atoms with van der Waals surface area (Å²) in [6.45, 7) is 0. The Labute approximate surface area is 97.8 Å². The Kier molecular flexibility index (Phi) is 2.27. The van der Waals surface area contributed by atoms with Crippen molar-refractivity contribution in [2.24, 2.45) is 11.7 Å². The van der Waals surface area contributed by atoms with Gasteiger partial charge in [-0.05, 0) is 54.4 Å². The van der Waals surface area contributed by atoms with E-state index in [2.05, 4.69) is 0 Å². The molecule has 0 aliphatic heterocycles. The zero-order valence-corrected chi connectivity index (χ0v) is 9.30. The molecule has 2 aliphatic rings. The van der Waals surface area contributed by atoms with Crippen LogP contribution in [0.3, 0.4) is 0 Å². The van der Waals surface area contributed by atoms with Crippen LogP contribution in [0.25, 0.3) is 0 Å². The van der Waals surface area contributed by atoms with Crippen LogP contribution in [0.5, 0.6) is 0 Å². The topological polar surface area (TPSA) is 26.0 Å². The summed E-state index contributed by atoms with van der Waals surface area (Å²) < 4.78 is 38.0. The minimum Gasteiger partial charge on any atom is -0.327 e. The molecular weight excluding hydrogens is 227 g/mol. The first kappa shape index (κ1) is 11.1. The van der Waals surface area contributed by atoms with Crippen LogP contribution in [0.2, 0.25) is 0 Å². The Hall–Kier alpha value is -1.03. The third kappa shape index (κ3) is 1.66. The van der Waals surface area contributed by atoms with Crippen LogP contribution in [-0.2, 0) is 12.6 Å². The molecule has 1 nitrogen and oxygen atoms in total. The summed E-state index contributed by atoms with van der Waals surface area (Å²) in [7, 11) is 0. The Morgan fingerprint density at radius 3 is 2.65 bits per heavy atom. The molecule has 0 spiro atoms. The predicted molar refractivity (Wildman–Crippen MR) is 58.6 cm³/mol. The molecule has 4 heteroatoms. The number of halogens is 3. The van der Waals surface area contributed by atoms with Gasteiger partial charge in [-0.2, -0.15) is 13.2 Å². The first-order valence-corrected chi connectivity index (χ1v) is 5.92. The molecule has 1 aromatic carbocycles. The van der Waals surface area contributed by atoms with Gasteiger partial charge in [-0.1, -0.05) is 6.07 Å². The maximum Gasteiger partial charge on any atom is 0.416 e. The van der Waals surface area contributed by atoms with Crippen molar-refractivity contribution in [1.29, 1.82) is 0 Å². The van der Waals surface area contributed by atoms with Crippen LogP contribution in [0, 0.1) is 5.92 Å². The Bertz CT molecular complexity index is 452. The standard InChI is InChI=1S/C13H14F3N/c14-13(15,16)9-3-1-7-5-8-2-4-10(12(8)17)11(7)6-9/h1,3,6,8,10,12H,2,4-5,17H2/t8-,10+,12-/m0/s1. The van der Waals surface area contributed by atoms with Gasteiger partial charge < -0.3 is 5.73 Å². The minimum atomic E-state index is -4.26. The first-order valence-electron chi connectivity index (χ1n) is 5.92. The van der Waals surface area contributed by atoms with Crippen LogP contribution in [0.15, 0.2) is 18.2 Å². The Balaban J connectivity index is 2.07. The number of alkyl halides is 3. The van der Waals surface area contributed by atoms with Crippen molar-refractivity contribution in [3.63, 3.8) is 0 Å². The molecule has 3 rings (SSSR count). The van der Waals surface area contributed by atoms with E-state index in [0.717, 1.165) is 30.4 Å². The molecule has 2 bridgehead atoms. The summed E-state index contributed by atoms with van der Waals surface area (Å²) >= 11 is 0. The quantitative estimate of drug-likeness (QED) is 0.742. The van der Waals surface area contributed by atoms with Crippen LogP contribution in [0.1, 0.15) is 35.4 Å². The minimum absolute atomic E-state index is 0.0472. The highest BCUT2D eigenvalue weighted by molar-refractivity contribution is 5.40. The smallest absolute Gasteiger partial charge is 0.327 e. The van der Waals surface area contributed by atoms with Gasteiger partial charge >= 0.3 is 6.18 Å². The molecule has 92 valence electrons. The lowest BCUT2D eigenvalue weighted by Crippen LogP contribution is -2.35. The maximum absolute atomic E-state index is 12.7. The molecule has 1 fully saturated rings. The molecule has 0 heterocycles. The molecular formula is C13H14F3N. The molecule has 2 N–H and O–H groups in total. The third-order valence-electron chi connectivity index (χ3n) is 4.21. The number of fused-ring (bicyclic) bond motifs is 4.